The Morgan fingerprint density at radius 2 is 1.72 bits per heavy atom. The van der Waals surface area contributed by atoms with Crippen molar-refractivity contribution in [2.24, 2.45) is 5.92 Å². The van der Waals surface area contributed by atoms with E-state index in [4.69, 9.17) is 0 Å². The van der Waals surface area contributed by atoms with E-state index < -0.39 is 0 Å². The molecule has 0 spiro atoms. The third-order valence-electron chi connectivity index (χ3n) is 6.56. The van der Waals surface area contributed by atoms with Gasteiger partial charge in [-0.2, -0.15) is 0 Å². The number of thiophene rings is 1. The summed E-state index contributed by atoms with van der Waals surface area (Å²) in [6, 6.07) is 15.1. The molecule has 0 N–H and O–H groups in total. The molecule has 2 aromatic rings. The molecule has 2 aliphatic rings. The average Bonchev–Trinajstić information content (AvgIpc) is 3.28. The summed E-state index contributed by atoms with van der Waals surface area (Å²) in [5.74, 6) is 1.03. The molecule has 1 unspecified atom stereocenters. The zero-order valence-electron chi connectivity index (χ0n) is 17.5. The number of carbonyl (C=O) groups is 1. The Hall–Kier alpha value is -1.69. The highest BCUT2D eigenvalue weighted by atomic mass is 32.1. The van der Waals surface area contributed by atoms with Gasteiger partial charge in [0.15, 0.2) is 0 Å². The van der Waals surface area contributed by atoms with Gasteiger partial charge in [0.2, 0.25) is 5.91 Å². The zero-order valence-corrected chi connectivity index (χ0v) is 18.3. The third-order valence-corrected chi connectivity index (χ3v) is 7.43. The van der Waals surface area contributed by atoms with Crippen LogP contribution in [0.2, 0.25) is 0 Å². The van der Waals surface area contributed by atoms with E-state index >= 15 is 0 Å². The predicted octanol–water partition coefficient (Wildman–Crippen LogP) is 3.74. The lowest BCUT2D eigenvalue weighted by Crippen LogP contribution is -2.55. The molecule has 0 radical (unpaired) electrons. The molecular weight excluding hydrogens is 378 g/mol. The van der Waals surface area contributed by atoms with Gasteiger partial charge in [-0.1, -0.05) is 36.4 Å². The minimum atomic E-state index is 0.00422. The Kier molecular flexibility index (Phi) is 7.01. The second kappa shape index (κ2) is 9.88. The summed E-state index contributed by atoms with van der Waals surface area (Å²) in [4.78, 5) is 21.5. The molecule has 29 heavy (non-hydrogen) atoms. The lowest BCUT2D eigenvalue weighted by atomic mass is 9.90. The van der Waals surface area contributed by atoms with Crippen LogP contribution in [0.3, 0.4) is 0 Å². The van der Waals surface area contributed by atoms with E-state index in [2.05, 4.69) is 69.5 Å². The van der Waals surface area contributed by atoms with E-state index in [1.165, 1.54) is 10.4 Å². The van der Waals surface area contributed by atoms with Crippen molar-refractivity contribution in [2.45, 2.75) is 38.8 Å². The lowest BCUT2D eigenvalue weighted by molar-refractivity contribution is -0.138. The Balaban J connectivity index is 1.21. The number of piperidine rings is 1. The number of hydrogen-bond acceptors (Lipinski definition) is 4. The molecule has 2 saturated heterocycles. The molecule has 1 aromatic carbocycles. The summed E-state index contributed by atoms with van der Waals surface area (Å²) in [6.45, 7) is 9.06. The molecule has 1 aromatic heterocycles. The van der Waals surface area contributed by atoms with Crippen LogP contribution in [0.25, 0.3) is 0 Å². The number of nitrogens with zero attached hydrogens (tertiary/aromatic N) is 3. The van der Waals surface area contributed by atoms with E-state index in [1.807, 2.05) is 11.3 Å². The molecule has 4 rings (SSSR count). The summed E-state index contributed by atoms with van der Waals surface area (Å²) >= 11 is 1.83. The van der Waals surface area contributed by atoms with Gasteiger partial charge in [-0.05, 0) is 49.1 Å². The molecule has 3 heterocycles. The lowest BCUT2D eigenvalue weighted by Gasteiger charge is -2.40. The van der Waals surface area contributed by atoms with Crippen LogP contribution in [-0.2, 0) is 17.8 Å². The Morgan fingerprint density at radius 1 is 1.00 bits per heavy atom. The standard InChI is InChI=1S/C24H33N3OS/c1-20(26-15-13-25(14-16-26)19-23-8-5-17-29-23)24(28)27-11-9-22(10-12-27)18-21-6-3-2-4-7-21/h2-8,17,20,22H,9-16,18-19H2,1H3. The number of likely N-dealkylation sites (tertiary alicyclic amines) is 1. The first-order chi connectivity index (χ1) is 14.2. The third kappa shape index (κ3) is 5.47. The van der Waals surface area contributed by atoms with Crippen LogP contribution < -0.4 is 0 Å². The van der Waals surface area contributed by atoms with Gasteiger partial charge >= 0.3 is 0 Å². The van der Waals surface area contributed by atoms with Crippen LogP contribution in [0.1, 0.15) is 30.2 Å². The molecule has 2 aliphatic heterocycles. The predicted molar refractivity (Wildman–Crippen MR) is 120 cm³/mol. The van der Waals surface area contributed by atoms with Gasteiger partial charge in [0, 0.05) is 50.7 Å². The van der Waals surface area contributed by atoms with E-state index in [0.717, 1.165) is 65.1 Å². The summed E-state index contributed by atoms with van der Waals surface area (Å²) in [7, 11) is 0. The van der Waals surface area contributed by atoms with Crippen molar-refractivity contribution < 1.29 is 4.79 Å². The van der Waals surface area contributed by atoms with Crippen LogP contribution in [-0.4, -0.2) is 65.9 Å². The maximum absolute atomic E-state index is 13.1. The molecule has 0 saturated carbocycles. The summed E-state index contributed by atoms with van der Waals surface area (Å²) in [5.41, 5.74) is 1.42. The molecule has 1 atom stereocenters. The van der Waals surface area contributed by atoms with Crippen LogP contribution in [0, 0.1) is 5.92 Å². The van der Waals surface area contributed by atoms with Crippen molar-refractivity contribution in [3.63, 3.8) is 0 Å². The number of carbonyl (C=O) groups excluding carboxylic acids is 1. The van der Waals surface area contributed by atoms with Gasteiger partial charge in [-0.25, -0.2) is 0 Å². The number of hydrogen-bond donors (Lipinski definition) is 0. The van der Waals surface area contributed by atoms with Gasteiger partial charge < -0.3 is 4.90 Å². The first-order valence-electron chi connectivity index (χ1n) is 11.0. The Labute approximate surface area is 179 Å². The quantitative estimate of drug-likeness (QED) is 0.725. The van der Waals surface area contributed by atoms with Crippen LogP contribution >= 0.6 is 11.3 Å². The van der Waals surface area contributed by atoms with Crippen LogP contribution in [0.5, 0.6) is 0 Å². The van der Waals surface area contributed by atoms with Crippen LogP contribution in [0.15, 0.2) is 47.8 Å². The summed E-state index contributed by atoms with van der Waals surface area (Å²) in [5, 5.41) is 2.15. The van der Waals surface area contributed by atoms with Crippen molar-refractivity contribution in [1.82, 2.24) is 14.7 Å². The van der Waals surface area contributed by atoms with Crippen molar-refractivity contribution in [1.29, 1.82) is 0 Å². The molecule has 4 nitrogen and oxygen atoms in total. The normalized spacial score (nSPS) is 20.7. The molecule has 0 aliphatic carbocycles. The second-order valence-electron chi connectivity index (χ2n) is 8.53. The van der Waals surface area contributed by atoms with E-state index in [-0.39, 0.29) is 6.04 Å². The molecule has 156 valence electrons. The van der Waals surface area contributed by atoms with Gasteiger partial charge in [0.25, 0.3) is 0 Å². The molecule has 2 fully saturated rings. The molecule has 0 bridgehead atoms. The summed E-state index contributed by atoms with van der Waals surface area (Å²) in [6.07, 6.45) is 3.40. The maximum Gasteiger partial charge on any atom is 0.239 e. The van der Waals surface area contributed by atoms with Gasteiger partial charge in [-0.3, -0.25) is 14.6 Å². The SMILES string of the molecule is CC(C(=O)N1CCC(Cc2ccccc2)CC1)N1CCN(Cc2cccs2)CC1. The van der Waals surface area contributed by atoms with Crippen molar-refractivity contribution in [2.75, 3.05) is 39.3 Å². The topological polar surface area (TPSA) is 26.8 Å². The first kappa shape index (κ1) is 20.6. The number of benzene rings is 1. The van der Waals surface area contributed by atoms with E-state index in [9.17, 15) is 4.79 Å². The highest BCUT2D eigenvalue weighted by Gasteiger charge is 2.31. The fourth-order valence-electron chi connectivity index (χ4n) is 4.66. The summed E-state index contributed by atoms with van der Waals surface area (Å²) < 4.78 is 0. The molecule has 5 heteroatoms. The van der Waals surface area contributed by atoms with Gasteiger partial charge in [-0.15, -0.1) is 11.3 Å². The Morgan fingerprint density at radius 3 is 2.38 bits per heavy atom. The largest absolute Gasteiger partial charge is 0.341 e. The fourth-order valence-corrected chi connectivity index (χ4v) is 5.40. The van der Waals surface area contributed by atoms with Crippen LogP contribution in [0.4, 0.5) is 0 Å². The minimum Gasteiger partial charge on any atom is -0.341 e. The number of piperazine rings is 1. The van der Waals surface area contributed by atoms with Crippen molar-refractivity contribution in [3.05, 3.63) is 58.3 Å². The van der Waals surface area contributed by atoms with E-state index in [0.29, 0.717) is 11.8 Å². The molecule has 1 amide bonds. The van der Waals surface area contributed by atoms with Crippen molar-refractivity contribution in [3.8, 4) is 0 Å². The zero-order chi connectivity index (χ0) is 20.1. The maximum atomic E-state index is 13.1. The molecular formula is C24H33N3OS. The first-order valence-corrected chi connectivity index (χ1v) is 11.9. The monoisotopic (exact) mass is 411 g/mol. The average molecular weight is 412 g/mol. The fraction of sp³-hybridized carbons (Fsp3) is 0.542. The van der Waals surface area contributed by atoms with Gasteiger partial charge in [0.1, 0.15) is 0 Å². The van der Waals surface area contributed by atoms with Gasteiger partial charge in [0.05, 0.1) is 6.04 Å². The smallest absolute Gasteiger partial charge is 0.239 e. The minimum absolute atomic E-state index is 0.00422. The highest BCUT2D eigenvalue weighted by Crippen LogP contribution is 2.23. The van der Waals surface area contributed by atoms with Crippen molar-refractivity contribution >= 4 is 17.2 Å². The Bertz CT molecular complexity index is 748. The highest BCUT2D eigenvalue weighted by molar-refractivity contribution is 7.09. The van der Waals surface area contributed by atoms with E-state index in [1.54, 1.807) is 0 Å². The second-order valence-corrected chi connectivity index (χ2v) is 9.56. The number of amides is 1. The number of rotatable bonds is 6.